The van der Waals surface area contributed by atoms with Crippen molar-refractivity contribution in [2.24, 2.45) is 0 Å². The average Bonchev–Trinajstić information content (AvgIpc) is 2.04. The van der Waals surface area contributed by atoms with E-state index < -0.39 is 0 Å². The number of hydrogen-bond acceptors (Lipinski definition) is 3. The molecule has 0 atom stereocenters. The van der Waals surface area contributed by atoms with Crippen LogP contribution in [0.15, 0.2) is 18.2 Å². The fourth-order valence-electron chi connectivity index (χ4n) is 0.867. The van der Waals surface area contributed by atoms with Crippen molar-refractivity contribution in [1.29, 1.82) is 0 Å². The fraction of sp³-hybridized carbons (Fsp3) is 0.125. The molecule has 0 spiro atoms. The Bertz CT molecular complexity index is 271. The summed E-state index contributed by atoms with van der Waals surface area (Å²) in [5, 5.41) is 8.74. The highest BCUT2D eigenvalue weighted by Crippen LogP contribution is 2.10. The zero-order valence-corrected chi connectivity index (χ0v) is 5.95. The predicted molar refractivity (Wildman–Crippen MR) is 42.2 cm³/mol. The Balaban J connectivity index is 3.16. The molecule has 0 aliphatic heterocycles. The lowest BCUT2D eigenvalue weighted by Gasteiger charge is -2.00. The van der Waals surface area contributed by atoms with Crippen LogP contribution in [0.4, 0.5) is 5.69 Å². The average molecular weight is 151 g/mol. The summed E-state index contributed by atoms with van der Waals surface area (Å²) in [4.78, 5) is 10.4. The highest BCUT2D eigenvalue weighted by molar-refractivity contribution is 5.79. The minimum Gasteiger partial charge on any atom is -0.399 e. The van der Waals surface area contributed by atoms with Gasteiger partial charge in [-0.2, -0.15) is 0 Å². The number of hydrogen-bond donors (Lipinski definition) is 2. The van der Waals surface area contributed by atoms with Crippen LogP contribution in [0.5, 0.6) is 0 Å². The molecule has 3 N–H and O–H groups in total. The number of nitrogens with two attached hydrogens (primary N) is 1. The lowest BCUT2D eigenvalue weighted by Crippen LogP contribution is -1.94. The molecule has 1 rings (SSSR count). The molecule has 0 heterocycles. The van der Waals surface area contributed by atoms with Gasteiger partial charge in [0.2, 0.25) is 0 Å². The van der Waals surface area contributed by atoms with Crippen LogP contribution in [0, 0.1) is 0 Å². The molecule has 3 heteroatoms. The van der Waals surface area contributed by atoms with Crippen LogP contribution in [0.1, 0.15) is 15.9 Å². The summed E-state index contributed by atoms with van der Waals surface area (Å²) in [5.74, 6) is 0. The molecule has 0 aliphatic carbocycles. The van der Waals surface area contributed by atoms with Gasteiger partial charge in [0.1, 0.15) is 6.29 Å². The molecule has 0 bridgehead atoms. The van der Waals surface area contributed by atoms with Crippen LogP contribution in [-0.2, 0) is 6.61 Å². The van der Waals surface area contributed by atoms with E-state index in [0.29, 0.717) is 23.1 Å². The number of aliphatic hydroxyl groups is 1. The van der Waals surface area contributed by atoms with Gasteiger partial charge in [0.25, 0.3) is 0 Å². The fourth-order valence-corrected chi connectivity index (χ4v) is 0.867. The van der Waals surface area contributed by atoms with Crippen molar-refractivity contribution in [3.05, 3.63) is 29.3 Å². The molecule has 0 fully saturated rings. The monoisotopic (exact) mass is 151 g/mol. The summed E-state index contributed by atoms with van der Waals surface area (Å²) >= 11 is 0. The Morgan fingerprint density at radius 1 is 1.55 bits per heavy atom. The molecule has 0 aliphatic rings. The molecule has 11 heavy (non-hydrogen) atoms. The number of aldehydes is 1. The van der Waals surface area contributed by atoms with Gasteiger partial charge >= 0.3 is 0 Å². The first-order valence-corrected chi connectivity index (χ1v) is 3.22. The van der Waals surface area contributed by atoms with Gasteiger partial charge in [-0.1, -0.05) is 6.07 Å². The third kappa shape index (κ3) is 1.56. The first-order chi connectivity index (χ1) is 5.27. The summed E-state index contributed by atoms with van der Waals surface area (Å²) in [6.07, 6.45) is 0.682. The molecule has 0 amide bonds. The number of aliphatic hydroxyl groups excluding tert-OH is 1. The van der Waals surface area contributed by atoms with E-state index in [4.69, 9.17) is 10.8 Å². The Hall–Kier alpha value is -1.35. The summed E-state index contributed by atoms with van der Waals surface area (Å²) in [7, 11) is 0. The van der Waals surface area contributed by atoms with E-state index in [0.717, 1.165) is 0 Å². The SMILES string of the molecule is Nc1ccc(CO)c(C=O)c1. The molecule has 3 nitrogen and oxygen atoms in total. The van der Waals surface area contributed by atoms with Crippen LogP contribution in [0.25, 0.3) is 0 Å². The second-order valence-electron chi connectivity index (χ2n) is 2.23. The Morgan fingerprint density at radius 2 is 2.27 bits per heavy atom. The van der Waals surface area contributed by atoms with Crippen LogP contribution < -0.4 is 5.73 Å². The van der Waals surface area contributed by atoms with Crippen molar-refractivity contribution < 1.29 is 9.90 Å². The quantitative estimate of drug-likeness (QED) is 0.480. The van der Waals surface area contributed by atoms with E-state index >= 15 is 0 Å². The standard InChI is InChI=1S/C8H9NO2/c9-8-2-1-6(4-10)7(3-8)5-11/h1-3,5,10H,4,9H2. The van der Waals surface area contributed by atoms with E-state index in [2.05, 4.69) is 0 Å². The van der Waals surface area contributed by atoms with Gasteiger partial charge < -0.3 is 10.8 Å². The van der Waals surface area contributed by atoms with Crippen LogP contribution in [0.3, 0.4) is 0 Å². The van der Waals surface area contributed by atoms with Crippen LogP contribution in [-0.4, -0.2) is 11.4 Å². The molecule has 1 aromatic rings. The van der Waals surface area contributed by atoms with E-state index in [1.165, 1.54) is 0 Å². The summed E-state index contributed by atoms with van der Waals surface area (Å²) in [6.45, 7) is -0.131. The first kappa shape index (κ1) is 7.75. The van der Waals surface area contributed by atoms with Gasteiger partial charge in [0.15, 0.2) is 0 Å². The van der Waals surface area contributed by atoms with Crippen LogP contribution >= 0.6 is 0 Å². The molecular weight excluding hydrogens is 142 g/mol. The van der Waals surface area contributed by atoms with Gasteiger partial charge in [-0.05, 0) is 17.7 Å². The Morgan fingerprint density at radius 3 is 2.82 bits per heavy atom. The van der Waals surface area contributed by atoms with E-state index in [-0.39, 0.29) is 6.61 Å². The molecule has 0 aromatic heterocycles. The maximum absolute atomic E-state index is 10.4. The Kier molecular flexibility index (Phi) is 2.23. The van der Waals surface area contributed by atoms with Gasteiger partial charge in [0, 0.05) is 11.3 Å². The van der Waals surface area contributed by atoms with E-state index in [1.54, 1.807) is 18.2 Å². The number of rotatable bonds is 2. The second-order valence-corrected chi connectivity index (χ2v) is 2.23. The van der Waals surface area contributed by atoms with Gasteiger partial charge in [-0.15, -0.1) is 0 Å². The largest absolute Gasteiger partial charge is 0.399 e. The minimum absolute atomic E-state index is 0.131. The number of carbonyl (C=O) groups excluding carboxylic acids is 1. The molecular formula is C8H9NO2. The number of nitrogen functional groups attached to an aromatic ring is 1. The highest BCUT2D eigenvalue weighted by atomic mass is 16.3. The van der Waals surface area contributed by atoms with Crippen molar-refractivity contribution in [2.75, 3.05) is 5.73 Å². The van der Waals surface area contributed by atoms with Crippen molar-refractivity contribution in [1.82, 2.24) is 0 Å². The molecule has 0 radical (unpaired) electrons. The van der Waals surface area contributed by atoms with E-state index in [1.807, 2.05) is 0 Å². The van der Waals surface area contributed by atoms with Gasteiger partial charge in [-0.25, -0.2) is 0 Å². The van der Waals surface area contributed by atoms with Crippen molar-refractivity contribution in [3.8, 4) is 0 Å². The third-order valence-electron chi connectivity index (χ3n) is 1.47. The van der Waals surface area contributed by atoms with Crippen molar-refractivity contribution in [2.45, 2.75) is 6.61 Å². The normalized spacial score (nSPS) is 9.55. The lowest BCUT2D eigenvalue weighted by molar-refractivity contribution is 0.112. The molecule has 0 unspecified atom stereocenters. The predicted octanol–water partition coefficient (Wildman–Crippen LogP) is 0.574. The van der Waals surface area contributed by atoms with Crippen LogP contribution in [0.2, 0.25) is 0 Å². The highest BCUT2D eigenvalue weighted by Gasteiger charge is 1.99. The molecule has 1 aromatic carbocycles. The number of benzene rings is 1. The third-order valence-corrected chi connectivity index (χ3v) is 1.47. The Labute approximate surface area is 64.5 Å². The zero-order chi connectivity index (χ0) is 8.27. The smallest absolute Gasteiger partial charge is 0.150 e. The summed E-state index contributed by atoms with van der Waals surface area (Å²) < 4.78 is 0. The summed E-state index contributed by atoms with van der Waals surface area (Å²) in [6, 6.07) is 4.83. The van der Waals surface area contributed by atoms with Gasteiger partial charge in [-0.3, -0.25) is 4.79 Å². The first-order valence-electron chi connectivity index (χ1n) is 3.22. The van der Waals surface area contributed by atoms with Crippen molar-refractivity contribution in [3.63, 3.8) is 0 Å². The maximum Gasteiger partial charge on any atom is 0.150 e. The van der Waals surface area contributed by atoms with Gasteiger partial charge in [0.05, 0.1) is 6.61 Å². The molecule has 58 valence electrons. The maximum atomic E-state index is 10.4. The molecule has 0 saturated carbocycles. The topological polar surface area (TPSA) is 63.3 Å². The minimum atomic E-state index is -0.131. The van der Waals surface area contributed by atoms with E-state index in [9.17, 15) is 4.79 Å². The lowest BCUT2D eigenvalue weighted by atomic mass is 10.1. The zero-order valence-electron chi connectivity index (χ0n) is 5.95. The second kappa shape index (κ2) is 3.16. The molecule has 0 saturated heterocycles. The summed E-state index contributed by atoms with van der Waals surface area (Å²) in [5.41, 5.74) is 7.01. The number of carbonyl (C=O) groups is 1. The number of anilines is 1. The van der Waals surface area contributed by atoms with Crippen molar-refractivity contribution >= 4 is 12.0 Å².